The molecule has 0 unspecified atom stereocenters. The van der Waals surface area contributed by atoms with Gasteiger partial charge in [0.25, 0.3) is 0 Å². The Labute approximate surface area is 200 Å². The van der Waals surface area contributed by atoms with Crippen LogP contribution in [0.4, 0.5) is 13.2 Å². The first-order valence-corrected chi connectivity index (χ1v) is 11.6. The summed E-state index contributed by atoms with van der Waals surface area (Å²) in [5.41, 5.74) is 0.837. The summed E-state index contributed by atoms with van der Waals surface area (Å²) in [5.74, 6) is -0.847. The number of hydrogen-bond acceptors (Lipinski definition) is 7. The predicted molar refractivity (Wildman–Crippen MR) is 117 cm³/mol. The maximum atomic E-state index is 13.5. The second kappa shape index (κ2) is 10.6. The zero-order valence-electron chi connectivity index (χ0n) is 19.4. The minimum Gasteiger partial charge on any atom is -0.464 e. The Kier molecular flexibility index (Phi) is 7.58. The van der Waals surface area contributed by atoms with Gasteiger partial charge in [0.1, 0.15) is 5.75 Å². The molecular formula is C23H28F3N5O4. The predicted octanol–water partition coefficient (Wildman–Crippen LogP) is 3.18. The van der Waals surface area contributed by atoms with E-state index in [1.807, 2.05) is 9.80 Å². The Morgan fingerprint density at radius 3 is 2.40 bits per heavy atom. The summed E-state index contributed by atoms with van der Waals surface area (Å²) in [5, 5.41) is 7.94. The van der Waals surface area contributed by atoms with Crippen LogP contribution >= 0.6 is 0 Å². The number of methoxy groups -OCH3 is 1. The van der Waals surface area contributed by atoms with Gasteiger partial charge in [-0.2, -0.15) is 0 Å². The molecule has 0 aliphatic carbocycles. The van der Waals surface area contributed by atoms with E-state index in [1.54, 1.807) is 16.8 Å². The summed E-state index contributed by atoms with van der Waals surface area (Å²) < 4.78 is 47.7. The van der Waals surface area contributed by atoms with Gasteiger partial charge in [0.05, 0.1) is 25.4 Å². The molecule has 0 N–H and O–H groups in total. The van der Waals surface area contributed by atoms with Crippen LogP contribution in [0.2, 0.25) is 0 Å². The molecule has 0 radical (unpaired) electrons. The highest BCUT2D eigenvalue weighted by Gasteiger charge is 2.40. The Morgan fingerprint density at radius 1 is 1.09 bits per heavy atom. The van der Waals surface area contributed by atoms with Gasteiger partial charge in [-0.3, -0.25) is 9.69 Å². The number of nitrogens with zero attached hydrogens (tertiary/aromatic N) is 5. The molecule has 0 bridgehead atoms. The van der Waals surface area contributed by atoms with Crippen LogP contribution in [0.1, 0.15) is 54.2 Å². The summed E-state index contributed by atoms with van der Waals surface area (Å²) >= 11 is 0. The monoisotopic (exact) mass is 495 g/mol. The number of alkyl halides is 3. The third-order valence-corrected chi connectivity index (χ3v) is 6.41. The van der Waals surface area contributed by atoms with Crippen molar-refractivity contribution in [2.24, 2.45) is 0 Å². The maximum Gasteiger partial charge on any atom is 0.573 e. The standard InChI is InChI=1S/C23H28F3N5O4/c1-34-22(33)19-15-31(28-27-19)17-12-20(21(32)29-10-4-2-3-5-11-29)30(14-17)13-16-6-8-18(9-7-16)35-23(24,25)26/h6-9,15,17,20H,2-5,10-14H2,1H3/t17-,20+/m1/s1. The van der Waals surface area contributed by atoms with Crippen LogP contribution in [0.15, 0.2) is 30.5 Å². The molecule has 0 spiro atoms. The molecule has 190 valence electrons. The summed E-state index contributed by atoms with van der Waals surface area (Å²) in [7, 11) is 1.26. The molecule has 2 saturated heterocycles. The van der Waals surface area contributed by atoms with Gasteiger partial charge in [-0.25, -0.2) is 9.48 Å². The van der Waals surface area contributed by atoms with E-state index in [-0.39, 0.29) is 23.4 Å². The number of hydrogen-bond donors (Lipinski definition) is 0. The van der Waals surface area contributed by atoms with Crippen molar-refractivity contribution >= 4 is 11.9 Å². The van der Waals surface area contributed by atoms with Gasteiger partial charge in [0.15, 0.2) is 5.69 Å². The minimum atomic E-state index is -4.75. The fraction of sp³-hybridized carbons (Fsp3) is 0.565. The second-order valence-corrected chi connectivity index (χ2v) is 8.84. The molecule has 2 aromatic rings. The van der Waals surface area contributed by atoms with Gasteiger partial charge in [-0.05, 0) is 37.0 Å². The third kappa shape index (κ3) is 6.30. The highest BCUT2D eigenvalue weighted by atomic mass is 19.4. The van der Waals surface area contributed by atoms with Crippen molar-refractivity contribution in [2.75, 3.05) is 26.7 Å². The molecule has 35 heavy (non-hydrogen) atoms. The van der Waals surface area contributed by atoms with Crippen LogP contribution in [0.25, 0.3) is 0 Å². The number of benzene rings is 1. The van der Waals surface area contributed by atoms with E-state index in [2.05, 4.69) is 15.0 Å². The quantitative estimate of drug-likeness (QED) is 0.569. The molecule has 2 fully saturated rings. The lowest BCUT2D eigenvalue weighted by atomic mass is 10.1. The molecule has 4 rings (SSSR count). The molecule has 2 aliphatic heterocycles. The van der Waals surface area contributed by atoms with Crippen molar-refractivity contribution in [1.29, 1.82) is 0 Å². The molecule has 12 heteroatoms. The highest BCUT2D eigenvalue weighted by Crippen LogP contribution is 2.31. The number of carbonyl (C=O) groups excluding carboxylic acids is 2. The van der Waals surface area contributed by atoms with Gasteiger partial charge in [0.2, 0.25) is 5.91 Å². The van der Waals surface area contributed by atoms with Gasteiger partial charge < -0.3 is 14.4 Å². The molecule has 2 atom stereocenters. The molecule has 3 heterocycles. The molecular weight excluding hydrogens is 467 g/mol. The Morgan fingerprint density at radius 2 is 1.77 bits per heavy atom. The van der Waals surface area contributed by atoms with Crippen LogP contribution in [0.5, 0.6) is 5.75 Å². The van der Waals surface area contributed by atoms with Crippen molar-refractivity contribution in [3.8, 4) is 5.75 Å². The summed E-state index contributed by atoms with van der Waals surface area (Å²) in [6, 6.07) is 5.04. The maximum absolute atomic E-state index is 13.5. The van der Waals surface area contributed by atoms with E-state index in [0.29, 0.717) is 32.6 Å². The summed E-state index contributed by atoms with van der Waals surface area (Å²) in [6.45, 7) is 2.26. The van der Waals surface area contributed by atoms with Gasteiger partial charge in [-0.1, -0.05) is 30.2 Å². The Balaban J connectivity index is 1.52. The normalized spacial score (nSPS) is 21.5. The zero-order valence-corrected chi connectivity index (χ0v) is 19.4. The van der Waals surface area contributed by atoms with E-state index in [1.165, 1.54) is 25.4 Å². The zero-order chi connectivity index (χ0) is 25.0. The van der Waals surface area contributed by atoms with Gasteiger partial charge in [0, 0.05) is 26.2 Å². The molecule has 1 amide bonds. The second-order valence-electron chi connectivity index (χ2n) is 8.84. The van der Waals surface area contributed by atoms with Crippen LogP contribution in [0.3, 0.4) is 0 Å². The van der Waals surface area contributed by atoms with E-state index < -0.39 is 18.4 Å². The number of carbonyl (C=O) groups is 2. The molecule has 9 nitrogen and oxygen atoms in total. The first-order valence-electron chi connectivity index (χ1n) is 11.6. The van der Waals surface area contributed by atoms with Crippen LogP contribution < -0.4 is 4.74 Å². The van der Waals surface area contributed by atoms with E-state index in [0.717, 1.165) is 31.2 Å². The smallest absolute Gasteiger partial charge is 0.464 e. The third-order valence-electron chi connectivity index (χ3n) is 6.41. The van der Waals surface area contributed by atoms with Crippen LogP contribution in [0, 0.1) is 0 Å². The van der Waals surface area contributed by atoms with Crippen molar-refractivity contribution in [2.45, 2.75) is 57.1 Å². The first kappa shape index (κ1) is 25.0. The number of halogens is 3. The Hall–Kier alpha value is -3.15. The molecule has 1 aromatic heterocycles. The van der Waals surface area contributed by atoms with Crippen molar-refractivity contribution in [1.82, 2.24) is 24.8 Å². The Bertz CT molecular complexity index is 1020. The van der Waals surface area contributed by atoms with Crippen molar-refractivity contribution in [3.63, 3.8) is 0 Å². The van der Waals surface area contributed by atoms with Crippen molar-refractivity contribution < 1.29 is 32.2 Å². The van der Waals surface area contributed by atoms with Gasteiger partial charge in [-0.15, -0.1) is 18.3 Å². The first-order chi connectivity index (χ1) is 16.7. The average Bonchev–Trinajstić information content (AvgIpc) is 3.38. The SMILES string of the molecule is COC(=O)c1cn([C@@H]2C[C@@H](C(=O)N3CCCCCC3)N(Cc3ccc(OC(F)(F)F)cc3)C2)nn1. The topological polar surface area (TPSA) is 89.8 Å². The summed E-state index contributed by atoms with van der Waals surface area (Å²) in [6.07, 6.45) is 1.37. The number of ether oxygens (including phenoxy) is 2. The summed E-state index contributed by atoms with van der Waals surface area (Å²) in [4.78, 5) is 29.2. The fourth-order valence-electron chi connectivity index (χ4n) is 4.69. The van der Waals surface area contributed by atoms with E-state index >= 15 is 0 Å². The highest BCUT2D eigenvalue weighted by molar-refractivity contribution is 5.86. The fourth-order valence-corrected chi connectivity index (χ4v) is 4.69. The largest absolute Gasteiger partial charge is 0.573 e. The number of esters is 1. The lowest BCUT2D eigenvalue weighted by Crippen LogP contribution is -2.45. The van der Waals surface area contributed by atoms with Crippen LogP contribution in [-0.4, -0.2) is 75.8 Å². The van der Waals surface area contributed by atoms with E-state index in [9.17, 15) is 22.8 Å². The minimum absolute atomic E-state index is 0.0414. The number of rotatable bonds is 6. The van der Waals surface area contributed by atoms with Crippen LogP contribution in [-0.2, 0) is 16.1 Å². The number of likely N-dealkylation sites (tertiary alicyclic amines) is 2. The average molecular weight is 496 g/mol. The lowest BCUT2D eigenvalue weighted by molar-refractivity contribution is -0.274. The molecule has 2 aliphatic rings. The van der Waals surface area contributed by atoms with Crippen molar-refractivity contribution in [3.05, 3.63) is 41.7 Å². The van der Waals surface area contributed by atoms with E-state index in [4.69, 9.17) is 4.74 Å². The number of amides is 1. The van der Waals surface area contributed by atoms with Gasteiger partial charge >= 0.3 is 12.3 Å². The molecule has 1 aromatic carbocycles. The number of aromatic nitrogens is 3. The molecule has 0 saturated carbocycles. The lowest BCUT2D eigenvalue weighted by Gasteiger charge is -2.29.